The fourth-order valence-corrected chi connectivity index (χ4v) is 4.05. The molecule has 1 amide bonds. The summed E-state index contributed by atoms with van der Waals surface area (Å²) in [6, 6.07) is 22.3. The van der Waals surface area contributed by atoms with Crippen molar-refractivity contribution in [3.8, 4) is 0 Å². The number of rotatable bonds is 5. The number of carbonyl (C=O) groups is 1. The number of fused-ring (bicyclic) bond motifs is 1. The first-order valence-electron chi connectivity index (χ1n) is 10.3. The van der Waals surface area contributed by atoms with Crippen molar-refractivity contribution in [3.05, 3.63) is 90.1 Å². The maximum absolute atomic E-state index is 12.5. The van der Waals surface area contributed by atoms with E-state index in [0.717, 1.165) is 43.0 Å². The van der Waals surface area contributed by atoms with Crippen LogP contribution in [0.5, 0.6) is 0 Å². The molecule has 0 spiro atoms. The Labute approximate surface area is 175 Å². The van der Waals surface area contributed by atoms with E-state index < -0.39 is 0 Å². The molecule has 0 radical (unpaired) electrons. The number of nitrogens with zero attached hydrogens (tertiary/aromatic N) is 4. The first-order valence-corrected chi connectivity index (χ1v) is 10.3. The molecule has 0 atom stereocenters. The molecule has 6 nitrogen and oxygen atoms in total. The van der Waals surface area contributed by atoms with E-state index in [1.165, 1.54) is 5.56 Å². The van der Waals surface area contributed by atoms with Gasteiger partial charge in [0.25, 0.3) is 5.91 Å². The first kappa shape index (κ1) is 18.6. The Kier molecular flexibility index (Phi) is 5.07. The van der Waals surface area contributed by atoms with Crippen LogP contribution in [0.4, 0.5) is 0 Å². The Hall–Kier alpha value is -3.38. The number of aromatic nitrogens is 2. The van der Waals surface area contributed by atoms with E-state index in [-0.39, 0.29) is 5.91 Å². The van der Waals surface area contributed by atoms with E-state index in [0.29, 0.717) is 18.8 Å². The lowest BCUT2D eigenvalue weighted by molar-refractivity contribution is 0.0594. The molecule has 0 aliphatic carbocycles. The molecular formula is C24H24N4O2. The van der Waals surface area contributed by atoms with Crippen molar-refractivity contribution >= 4 is 16.9 Å². The number of imidazole rings is 1. The van der Waals surface area contributed by atoms with Crippen LogP contribution in [0.3, 0.4) is 0 Å². The van der Waals surface area contributed by atoms with Crippen LogP contribution in [0.2, 0.25) is 0 Å². The van der Waals surface area contributed by atoms with Gasteiger partial charge in [0.05, 0.1) is 23.8 Å². The molecule has 0 bridgehead atoms. The van der Waals surface area contributed by atoms with Crippen molar-refractivity contribution in [1.82, 2.24) is 19.4 Å². The van der Waals surface area contributed by atoms with Crippen molar-refractivity contribution < 1.29 is 9.21 Å². The zero-order valence-electron chi connectivity index (χ0n) is 16.8. The standard InChI is InChI=1S/C24H24N4O2/c29-24(22-11-6-16-30-22)27-14-12-26(13-15-27)18-23-25-20-9-4-5-10-21(20)28(23)17-19-7-2-1-3-8-19/h1-11,16H,12-15,17-18H2. The predicted octanol–water partition coefficient (Wildman–Crippen LogP) is 3.64. The van der Waals surface area contributed by atoms with E-state index in [2.05, 4.69) is 51.9 Å². The van der Waals surface area contributed by atoms with E-state index in [4.69, 9.17) is 9.40 Å². The highest BCUT2D eigenvalue weighted by Crippen LogP contribution is 2.20. The van der Waals surface area contributed by atoms with Gasteiger partial charge in [-0.05, 0) is 29.8 Å². The third-order valence-electron chi connectivity index (χ3n) is 5.67. The number of hydrogen-bond acceptors (Lipinski definition) is 4. The van der Waals surface area contributed by atoms with Crippen LogP contribution in [0.15, 0.2) is 77.4 Å². The second-order valence-electron chi connectivity index (χ2n) is 7.63. The van der Waals surface area contributed by atoms with E-state index >= 15 is 0 Å². The van der Waals surface area contributed by atoms with E-state index in [9.17, 15) is 4.79 Å². The number of hydrogen-bond donors (Lipinski definition) is 0. The minimum absolute atomic E-state index is 0.0315. The first-order chi connectivity index (χ1) is 14.8. The van der Waals surface area contributed by atoms with Gasteiger partial charge >= 0.3 is 0 Å². The molecule has 1 aliphatic rings. The van der Waals surface area contributed by atoms with Gasteiger partial charge in [-0.3, -0.25) is 9.69 Å². The maximum atomic E-state index is 12.5. The van der Waals surface area contributed by atoms with Crippen LogP contribution >= 0.6 is 0 Å². The topological polar surface area (TPSA) is 54.5 Å². The van der Waals surface area contributed by atoms with Crippen LogP contribution in [-0.2, 0) is 13.1 Å². The van der Waals surface area contributed by atoms with Gasteiger partial charge < -0.3 is 13.9 Å². The highest BCUT2D eigenvalue weighted by molar-refractivity contribution is 5.91. The Morgan fingerprint density at radius 2 is 1.63 bits per heavy atom. The number of benzene rings is 2. The summed E-state index contributed by atoms with van der Waals surface area (Å²) in [5, 5.41) is 0. The summed E-state index contributed by atoms with van der Waals surface area (Å²) < 4.78 is 7.57. The summed E-state index contributed by atoms with van der Waals surface area (Å²) in [6.07, 6.45) is 1.54. The SMILES string of the molecule is O=C(c1ccco1)N1CCN(Cc2nc3ccccc3n2Cc2ccccc2)CC1. The third kappa shape index (κ3) is 3.74. The molecule has 4 aromatic rings. The average molecular weight is 400 g/mol. The van der Waals surface area contributed by atoms with Crippen molar-refractivity contribution in [2.75, 3.05) is 26.2 Å². The molecule has 0 unspecified atom stereocenters. The van der Waals surface area contributed by atoms with E-state index in [1.807, 2.05) is 17.0 Å². The van der Waals surface area contributed by atoms with Gasteiger partial charge in [0.1, 0.15) is 5.82 Å². The lowest BCUT2D eigenvalue weighted by atomic mass is 10.2. The number of piperazine rings is 1. The highest BCUT2D eigenvalue weighted by Gasteiger charge is 2.24. The molecule has 6 heteroatoms. The van der Waals surface area contributed by atoms with Crippen LogP contribution < -0.4 is 0 Å². The van der Waals surface area contributed by atoms with Crippen molar-refractivity contribution in [1.29, 1.82) is 0 Å². The van der Waals surface area contributed by atoms with Gasteiger partial charge in [-0.25, -0.2) is 4.98 Å². The normalized spacial score (nSPS) is 15.0. The molecule has 5 rings (SSSR count). The molecule has 0 saturated carbocycles. The second-order valence-corrected chi connectivity index (χ2v) is 7.63. The summed E-state index contributed by atoms with van der Waals surface area (Å²) >= 11 is 0. The lowest BCUT2D eigenvalue weighted by Gasteiger charge is -2.34. The molecule has 3 heterocycles. The Morgan fingerprint density at radius 1 is 0.867 bits per heavy atom. The lowest BCUT2D eigenvalue weighted by Crippen LogP contribution is -2.48. The number of para-hydroxylation sites is 2. The average Bonchev–Trinajstić information content (AvgIpc) is 3.44. The van der Waals surface area contributed by atoms with Crippen molar-refractivity contribution in [2.45, 2.75) is 13.1 Å². The minimum atomic E-state index is -0.0315. The Morgan fingerprint density at radius 3 is 2.40 bits per heavy atom. The van der Waals surface area contributed by atoms with Gasteiger partial charge in [0.15, 0.2) is 5.76 Å². The molecule has 0 N–H and O–H groups in total. The summed E-state index contributed by atoms with van der Waals surface area (Å²) in [5.41, 5.74) is 3.44. The van der Waals surface area contributed by atoms with Crippen LogP contribution in [0.1, 0.15) is 21.9 Å². The second kappa shape index (κ2) is 8.16. The van der Waals surface area contributed by atoms with Gasteiger partial charge in [0, 0.05) is 32.7 Å². The monoisotopic (exact) mass is 400 g/mol. The predicted molar refractivity (Wildman–Crippen MR) is 115 cm³/mol. The number of furan rings is 1. The molecule has 1 aliphatic heterocycles. The number of carbonyl (C=O) groups excluding carboxylic acids is 1. The smallest absolute Gasteiger partial charge is 0.289 e. The Balaban J connectivity index is 1.32. The van der Waals surface area contributed by atoms with Gasteiger partial charge in [-0.1, -0.05) is 42.5 Å². The van der Waals surface area contributed by atoms with Gasteiger partial charge in [-0.15, -0.1) is 0 Å². The van der Waals surface area contributed by atoms with Gasteiger partial charge in [0.2, 0.25) is 0 Å². The van der Waals surface area contributed by atoms with E-state index in [1.54, 1.807) is 18.4 Å². The zero-order chi connectivity index (χ0) is 20.3. The molecule has 2 aromatic carbocycles. The maximum Gasteiger partial charge on any atom is 0.289 e. The third-order valence-corrected chi connectivity index (χ3v) is 5.67. The fourth-order valence-electron chi connectivity index (χ4n) is 4.05. The molecule has 2 aromatic heterocycles. The summed E-state index contributed by atoms with van der Waals surface area (Å²) in [7, 11) is 0. The minimum Gasteiger partial charge on any atom is -0.459 e. The summed E-state index contributed by atoms with van der Waals surface area (Å²) in [5.74, 6) is 1.44. The van der Waals surface area contributed by atoms with Crippen LogP contribution in [0.25, 0.3) is 11.0 Å². The quantitative estimate of drug-likeness (QED) is 0.513. The zero-order valence-corrected chi connectivity index (χ0v) is 16.8. The highest BCUT2D eigenvalue weighted by atomic mass is 16.3. The van der Waals surface area contributed by atoms with Gasteiger partial charge in [-0.2, -0.15) is 0 Å². The molecule has 152 valence electrons. The van der Waals surface area contributed by atoms with Crippen molar-refractivity contribution in [3.63, 3.8) is 0 Å². The summed E-state index contributed by atoms with van der Waals surface area (Å²) in [6.45, 7) is 4.59. The van der Waals surface area contributed by atoms with Crippen LogP contribution in [-0.4, -0.2) is 51.4 Å². The molecule has 1 fully saturated rings. The fraction of sp³-hybridized carbons (Fsp3) is 0.250. The molecular weight excluding hydrogens is 376 g/mol. The van der Waals surface area contributed by atoms with Crippen LogP contribution in [0, 0.1) is 0 Å². The molecule has 1 saturated heterocycles. The van der Waals surface area contributed by atoms with Crippen molar-refractivity contribution in [2.24, 2.45) is 0 Å². The largest absolute Gasteiger partial charge is 0.459 e. The Bertz CT molecular complexity index is 1130. The summed E-state index contributed by atoms with van der Waals surface area (Å²) in [4.78, 5) is 21.7. The molecule has 30 heavy (non-hydrogen) atoms. The number of amides is 1.